The van der Waals surface area contributed by atoms with E-state index in [0.717, 1.165) is 37.7 Å². The molecular weight excluding hydrogens is 214 g/mol. The van der Waals surface area contributed by atoms with Gasteiger partial charge in [0.15, 0.2) is 0 Å². The van der Waals surface area contributed by atoms with Crippen LogP contribution in [0.2, 0.25) is 0 Å². The molecule has 4 heteroatoms. The van der Waals surface area contributed by atoms with Gasteiger partial charge in [0.05, 0.1) is 30.4 Å². The number of rotatable bonds is 8. The molecule has 0 amide bonds. The summed E-state index contributed by atoms with van der Waals surface area (Å²) >= 11 is 0. The van der Waals surface area contributed by atoms with Gasteiger partial charge in [-0.05, 0) is 18.9 Å². The van der Waals surface area contributed by atoms with E-state index in [9.17, 15) is 0 Å². The highest BCUT2D eigenvalue weighted by molar-refractivity contribution is 5.53. The van der Waals surface area contributed by atoms with E-state index >= 15 is 0 Å². The Morgan fingerprint density at radius 1 is 1.24 bits per heavy atom. The van der Waals surface area contributed by atoms with E-state index in [1.165, 1.54) is 0 Å². The average molecular weight is 237 g/mol. The molecule has 17 heavy (non-hydrogen) atoms. The third-order valence-electron chi connectivity index (χ3n) is 2.15. The minimum Gasteiger partial charge on any atom is -0.384 e. The van der Waals surface area contributed by atoms with E-state index in [-0.39, 0.29) is 0 Å². The molecule has 1 heterocycles. The van der Waals surface area contributed by atoms with E-state index in [1.54, 1.807) is 0 Å². The largest absolute Gasteiger partial charge is 0.384 e. The van der Waals surface area contributed by atoms with Gasteiger partial charge in [-0.15, -0.1) is 0 Å². The molecule has 2 N–H and O–H groups in total. The van der Waals surface area contributed by atoms with Crippen LogP contribution in [-0.4, -0.2) is 31.3 Å². The molecule has 0 radical (unpaired) electrons. The molecule has 96 valence electrons. The SMILES string of the molecule is CCNc1cncc(NCCOCC(C)C)c1. The smallest absolute Gasteiger partial charge is 0.0639 e. The molecule has 0 bridgehead atoms. The number of nitrogens with zero attached hydrogens (tertiary/aromatic N) is 1. The van der Waals surface area contributed by atoms with Crippen molar-refractivity contribution < 1.29 is 4.74 Å². The zero-order chi connectivity index (χ0) is 12.5. The standard InChI is InChI=1S/C13H23N3O/c1-4-15-12-7-13(9-14-8-12)16-5-6-17-10-11(2)3/h7-9,11,15-16H,4-6,10H2,1-3H3. The highest BCUT2D eigenvalue weighted by atomic mass is 16.5. The molecule has 0 spiro atoms. The third kappa shape index (κ3) is 6.12. The fourth-order valence-corrected chi connectivity index (χ4v) is 1.42. The fourth-order valence-electron chi connectivity index (χ4n) is 1.42. The molecule has 0 aliphatic carbocycles. The highest BCUT2D eigenvalue weighted by Gasteiger charge is 1.96. The minimum atomic E-state index is 0.591. The minimum absolute atomic E-state index is 0.591. The van der Waals surface area contributed by atoms with Gasteiger partial charge < -0.3 is 15.4 Å². The zero-order valence-corrected chi connectivity index (χ0v) is 11.0. The maximum atomic E-state index is 5.50. The summed E-state index contributed by atoms with van der Waals surface area (Å²) in [5.41, 5.74) is 2.07. The van der Waals surface area contributed by atoms with Crippen LogP contribution in [-0.2, 0) is 4.74 Å². The summed E-state index contributed by atoms with van der Waals surface area (Å²) < 4.78 is 5.50. The lowest BCUT2D eigenvalue weighted by molar-refractivity contribution is 0.118. The number of anilines is 2. The molecule has 1 rings (SSSR count). The van der Waals surface area contributed by atoms with Crippen LogP contribution in [0.3, 0.4) is 0 Å². The van der Waals surface area contributed by atoms with Crippen LogP contribution in [0.1, 0.15) is 20.8 Å². The Bertz CT molecular complexity index is 315. The first-order valence-corrected chi connectivity index (χ1v) is 6.23. The number of hydrogen-bond donors (Lipinski definition) is 2. The van der Waals surface area contributed by atoms with Crippen molar-refractivity contribution in [3.05, 3.63) is 18.5 Å². The second-order valence-electron chi connectivity index (χ2n) is 4.39. The molecule has 0 aliphatic rings. The Morgan fingerprint density at radius 2 is 1.94 bits per heavy atom. The molecule has 0 unspecified atom stereocenters. The molecule has 0 aliphatic heterocycles. The fraction of sp³-hybridized carbons (Fsp3) is 0.615. The highest BCUT2D eigenvalue weighted by Crippen LogP contribution is 2.12. The normalized spacial score (nSPS) is 10.6. The lowest BCUT2D eigenvalue weighted by Crippen LogP contribution is -2.12. The zero-order valence-electron chi connectivity index (χ0n) is 11.0. The molecular formula is C13H23N3O. The maximum Gasteiger partial charge on any atom is 0.0639 e. The van der Waals surface area contributed by atoms with Crippen LogP contribution >= 0.6 is 0 Å². The van der Waals surface area contributed by atoms with Gasteiger partial charge >= 0.3 is 0 Å². The van der Waals surface area contributed by atoms with Crippen molar-refractivity contribution in [2.24, 2.45) is 5.92 Å². The average Bonchev–Trinajstić information content (AvgIpc) is 2.29. The van der Waals surface area contributed by atoms with E-state index in [1.807, 2.05) is 12.4 Å². The topological polar surface area (TPSA) is 46.2 Å². The van der Waals surface area contributed by atoms with E-state index in [0.29, 0.717) is 5.92 Å². The molecule has 0 aromatic carbocycles. The van der Waals surface area contributed by atoms with Crippen LogP contribution in [0.15, 0.2) is 18.5 Å². The Labute approximate surface area is 104 Å². The molecule has 0 fully saturated rings. The molecule has 4 nitrogen and oxygen atoms in total. The molecule has 0 atom stereocenters. The van der Waals surface area contributed by atoms with Crippen LogP contribution in [0.25, 0.3) is 0 Å². The first-order chi connectivity index (χ1) is 8.22. The summed E-state index contributed by atoms with van der Waals surface area (Å²) in [6, 6.07) is 2.05. The number of hydrogen-bond acceptors (Lipinski definition) is 4. The van der Waals surface area contributed by atoms with Crippen molar-refractivity contribution in [2.45, 2.75) is 20.8 Å². The van der Waals surface area contributed by atoms with Gasteiger partial charge in [-0.25, -0.2) is 0 Å². The second-order valence-corrected chi connectivity index (χ2v) is 4.39. The van der Waals surface area contributed by atoms with E-state index < -0.39 is 0 Å². The summed E-state index contributed by atoms with van der Waals surface area (Å²) in [7, 11) is 0. The summed E-state index contributed by atoms with van der Waals surface area (Å²) in [6.45, 7) is 9.63. The number of aromatic nitrogens is 1. The maximum absolute atomic E-state index is 5.50. The summed E-state index contributed by atoms with van der Waals surface area (Å²) in [6.07, 6.45) is 3.65. The van der Waals surface area contributed by atoms with Gasteiger partial charge in [0.25, 0.3) is 0 Å². The van der Waals surface area contributed by atoms with Crippen LogP contribution in [0.5, 0.6) is 0 Å². The molecule has 0 saturated heterocycles. The number of ether oxygens (including phenoxy) is 1. The Balaban J connectivity index is 2.24. The summed E-state index contributed by atoms with van der Waals surface area (Å²) in [4.78, 5) is 4.16. The monoisotopic (exact) mass is 237 g/mol. The van der Waals surface area contributed by atoms with Crippen molar-refractivity contribution in [3.8, 4) is 0 Å². The van der Waals surface area contributed by atoms with Crippen LogP contribution < -0.4 is 10.6 Å². The van der Waals surface area contributed by atoms with Crippen molar-refractivity contribution in [2.75, 3.05) is 36.9 Å². The van der Waals surface area contributed by atoms with Crippen molar-refractivity contribution in [3.63, 3.8) is 0 Å². The van der Waals surface area contributed by atoms with Gasteiger partial charge in [-0.2, -0.15) is 0 Å². The van der Waals surface area contributed by atoms with Crippen molar-refractivity contribution >= 4 is 11.4 Å². The predicted molar refractivity (Wildman–Crippen MR) is 72.5 cm³/mol. The molecule has 1 aromatic heterocycles. The summed E-state index contributed by atoms with van der Waals surface area (Å²) in [5, 5.41) is 6.52. The van der Waals surface area contributed by atoms with E-state index in [2.05, 4.69) is 42.5 Å². The molecule has 0 saturated carbocycles. The first-order valence-electron chi connectivity index (χ1n) is 6.23. The molecule has 1 aromatic rings. The van der Waals surface area contributed by atoms with Crippen molar-refractivity contribution in [1.82, 2.24) is 4.98 Å². The quantitative estimate of drug-likeness (QED) is 0.682. The van der Waals surface area contributed by atoms with Gasteiger partial charge in [-0.3, -0.25) is 4.98 Å². The Hall–Kier alpha value is -1.29. The van der Waals surface area contributed by atoms with Gasteiger partial charge in [0.1, 0.15) is 0 Å². The van der Waals surface area contributed by atoms with Gasteiger partial charge in [0, 0.05) is 19.7 Å². The number of nitrogens with one attached hydrogen (secondary N) is 2. The number of pyridine rings is 1. The first kappa shape index (κ1) is 13.8. The lowest BCUT2D eigenvalue weighted by Gasteiger charge is -2.10. The van der Waals surface area contributed by atoms with Gasteiger partial charge in [-0.1, -0.05) is 13.8 Å². The predicted octanol–water partition coefficient (Wildman–Crippen LogP) is 2.60. The Kier molecular flexibility index (Phi) is 6.40. The van der Waals surface area contributed by atoms with Crippen molar-refractivity contribution in [1.29, 1.82) is 0 Å². The van der Waals surface area contributed by atoms with Crippen LogP contribution in [0.4, 0.5) is 11.4 Å². The second kappa shape index (κ2) is 7.90. The lowest BCUT2D eigenvalue weighted by atomic mass is 10.2. The third-order valence-corrected chi connectivity index (χ3v) is 2.15. The van der Waals surface area contributed by atoms with Gasteiger partial charge in [0.2, 0.25) is 0 Å². The van der Waals surface area contributed by atoms with Crippen LogP contribution in [0, 0.1) is 5.92 Å². The Morgan fingerprint density at radius 3 is 2.59 bits per heavy atom. The summed E-state index contributed by atoms with van der Waals surface area (Å²) in [5.74, 6) is 0.591. The van der Waals surface area contributed by atoms with E-state index in [4.69, 9.17) is 4.74 Å².